The minimum absolute atomic E-state index is 0.135. The Kier molecular flexibility index (Phi) is 4.68. The SMILES string of the molecule is CCNC(C1=CCCCO1)C(C)(C)N1CCCC1. The van der Waals surface area contributed by atoms with E-state index in [1.54, 1.807) is 0 Å². The van der Waals surface area contributed by atoms with Gasteiger partial charge in [-0.2, -0.15) is 0 Å². The highest BCUT2D eigenvalue weighted by Crippen LogP contribution is 2.29. The Morgan fingerprint density at radius 3 is 2.61 bits per heavy atom. The first-order chi connectivity index (χ1) is 8.66. The number of nitrogens with zero attached hydrogens (tertiary/aromatic N) is 1. The van der Waals surface area contributed by atoms with Crippen molar-refractivity contribution in [3.05, 3.63) is 11.8 Å². The maximum atomic E-state index is 5.91. The fourth-order valence-electron chi connectivity index (χ4n) is 3.16. The largest absolute Gasteiger partial charge is 0.497 e. The van der Waals surface area contributed by atoms with Gasteiger partial charge in [0.05, 0.1) is 12.6 Å². The van der Waals surface area contributed by atoms with E-state index in [4.69, 9.17) is 4.74 Å². The fraction of sp³-hybridized carbons (Fsp3) is 0.867. The molecule has 0 aliphatic carbocycles. The summed E-state index contributed by atoms with van der Waals surface area (Å²) in [6.07, 6.45) is 7.28. The third-order valence-corrected chi connectivity index (χ3v) is 4.28. The number of likely N-dealkylation sites (tertiary alicyclic amines) is 1. The number of ether oxygens (including phenoxy) is 1. The Labute approximate surface area is 112 Å². The Morgan fingerprint density at radius 2 is 2.06 bits per heavy atom. The van der Waals surface area contributed by atoms with Gasteiger partial charge in [-0.3, -0.25) is 4.90 Å². The van der Waals surface area contributed by atoms with Crippen molar-refractivity contribution in [2.75, 3.05) is 26.2 Å². The van der Waals surface area contributed by atoms with Crippen molar-refractivity contribution in [1.82, 2.24) is 10.2 Å². The molecular formula is C15H28N2O. The van der Waals surface area contributed by atoms with Gasteiger partial charge < -0.3 is 10.1 Å². The van der Waals surface area contributed by atoms with Crippen LogP contribution in [-0.4, -0.2) is 42.7 Å². The molecule has 0 bridgehead atoms. The van der Waals surface area contributed by atoms with Crippen molar-refractivity contribution in [2.45, 2.75) is 58.0 Å². The summed E-state index contributed by atoms with van der Waals surface area (Å²) in [5.74, 6) is 1.17. The molecule has 2 aliphatic rings. The molecule has 0 radical (unpaired) electrons. The summed E-state index contributed by atoms with van der Waals surface area (Å²) in [4.78, 5) is 2.61. The van der Waals surface area contributed by atoms with Gasteiger partial charge in [-0.05, 0) is 65.2 Å². The van der Waals surface area contributed by atoms with E-state index in [1.807, 2.05) is 0 Å². The van der Waals surface area contributed by atoms with Gasteiger partial charge >= 0.3 is 0 Å². The first-order valence-corrected chi connectivity index (χ1v) is 7.47. The maximum absolute atomic E-state index is 5.91. The van der Waals surface area contributed by atoms with Gasteiger partial charge in [-0.1, -0.05) is 6.92 Å². The van der Waals surface area contributed by atoms with Crippen LogP contribution in [0.15, 0.2) is 11.8 Å². The molecule has 2 rings (SSSR count). The van der Waals surface area contributed by atoms with Crippen LogP contribution in [0.3, 0.4) is 0 Å². The van der Waals surface area contributed by atoms with Crippen molar-refractivity contribution in [3.8, 4) is 0 Å². The van der Waals surface area contributed by atoms with Crippen LogP contribution in [0.5, 0.6) is 0 Å². The molecule has 1 fully saturated rings. The zero-order chi connectivity index (χ0) is 13.0. The highest BCUT2D eigenvalue weighted by atomic mass is 16.5. The van der Waals surface area contributed by atoms with E-state index in [9.17, 15) is 0 Å². The normalized spacial score (nSPS) is 23.6. The second-order valence-electron chi connectivity index (χ2n) is 5.94. The molecule has 0 aromatic carbocycles. The smallest absolute Gasteiger partial charge is 0.111 e. The lowest BCUT2D eigenvalue weighted by Crippen LogP contribution is -2.58. The summed E-state index contributed by atoms with van der Waals surface area (Å²) in [6, 6.07) is 0.320. The summed E-state index contributed by atoms with van der Waals surface area (Å²) >= 11 is 0. The average molecular weight is 252 g/mol. The van der Waals surface area contributed by atoms with Crippen LogP contribution in [0.4, 0.5) is 0 Å². The Balaban J connectivity index is 2.14. The number of likely N-dealkylation sites (N-methyl/N-ethyl adjacent to an activating group) is 1. The summed E-state index contributed by atoms with van der Waals surface area (Å²) in [7, 11) is 0. The number of hydrogen-bond acceptors (Lipinski definition) is 3. The number of rotatable bonds is 5. The molecule has 3 heteroatoms. The maximum Gasteiger partial charge on any atom is 0.111 e. The molecule has 2 aliphatic heterocycles. The predicted molar refractivity (Wildman–Crippen MR) is 75.6 cm³/mol. The van der Waals surface area contributed by atoms with Gasteiger partial charge in [0.25, 0.3) is 0 Å². The van der Waals surface area contributed by atoms with Crippen LogP contribution in [0.25, 0.3) is 0 Å². The Bertz CT molecular complexity index is 293. The standard InChI is InChI=1S/C15H28N2O/c1-4-16-14(13-9-5-8-12-18-13)15(2,3)17-10-6-7-11-17/h9,14,16H,4-8,10-12H2,1-3H3. The molecule has 0 amide bonds. The first-order valence-electron chi connectivity index (χ1n) is 7.47. The van der Waals surface area contributed by atoms with E-state index in [1.165, 1.54) is 31.7 Å². The number of nitrogens with one attached hydrogen (secondary N) is 1. The first kappa shape index (κ1) is 13.9. The quantitative estimate of drug-likeness (QED) is 0.814. The monoisotopic (exact) mass is 252 g/mol. The zero-order valence-electron chi connectivity index (χ0n) is 12.2. The van der Waals surface area contributed by atoms with Crippen molar-refractivity contribution >= 4 is 0 Å². The van der Waals surface area contributed by atoms with Gasteiger partial charge in [0.1, 0.15) is 5.76 Å². The van der Waals surface area contributed by atoms with E-state index >= 15 is 0 Å². The molecule has 0 saturated carbocycles. The summed E-state index contributed by atoms with van der Waals surface area (Å²) in [5, 5.41) is 3.63. The Morgan fingerprint density at radius 1 is 1.33 bits per heavy atom. The summed E-state index contributed by atoms with van der Waals surface area (Å²) < 4.78 is 5.91. The van der Waals surface area contributed by atoms with Gasteiger partial charge in [-0.15, -0.1) is 0 Å². The van der Waals surface area contributed by atoms with Crippen LogP contribution < -0.4 is 5.32 Å². The molecule has 0 spiro atoms. The fourth-order valence-corrected chi connectivity index (χ4v) is 3.16. The van der Waals surface area contributed by atoms with E-state index in [0.29, 0.717) is 6.04 Å². The van der Waals surface area contributed by atoms with Gasteiger partial charge in [0, 0.05) is 5.54 Å². The van der Waals surface area contributed by atoms with Crippen LogP contribution in [-0.2, 0) is 4.74 Å². The van der Waals surface area contributed by atoms with Crippen molar-refractivity contribution in [1.29, 1.82) is 0 Å². The Hall–Kier alpha value is -0.540. The van der Waals surface area contributed by atoms with Crippen LogP contribution >= 0.6 is 0 Å². The van der Waals surface area contributed by atoms with Gasteiger partial charge in [0.2, 0.25) is 0 Å². The molecule has 3 nitrogen and oxygen atoms in total. The minimum atomic E-state index is 0.135. The molecule has 0 aromatic rings. The minimum Gasteiger partial charge on any atom is -0.497 e. The van der Waals surface area contributed by atoms with Crippen molar-refractivity contribution in [2.24, 2.45) is 0 Å². The second kappa shape index (κ2) is 6.07. The van der Waals surface area contributed by atoms with Crippen molar-refractivity contribution < 1.29 is 4.74 Å². The lowest BCUT2D eigenvalue weighted by Gasteiger charge is -2.43. The third kappa shape index (κ3) is 2.89. The third-order valence-electron chi connectivity index (χ3n) is 4.28. The second-order valence-corrected chi connectivity index (χ2v) is 5.94. The molecule has 18 heavy (non-hydrogen) atoms. The summed E-state index contributed by atoms with van der Waals surface area (Å²) in [5.41, 5.74) is 0.135. The molecular weight excluding hydrogens is 224 g/mol. The molecule has 104 valence electrons. The van der Waals surface area contributed by atoms with E-state index in [2.05, 4.69) is 37.1 Å². The van der Waals surface area contributed by atoms with E-state index in [0.717, 1.165) is 26.0 Å². The van der Waals surface area contributed by atoms with Crippen LogP contribution in [0.2, 0.25) is 0 Å². The van der Waals surface area contributed by atoms with Crippen LogP contribution in [0.1, 0.15) is 46.5 Å². The van der Waals surface area contributed by atoms with Gasteiger partial charge in [-0.25, -0.2) is 0 Å². The predicted octanol–water partition coefficient (Wildman–Crippen LogP) is 2.53. The highest BCUT2D eigenvalue weighted by molar-refractivity contribution is 5.14. The van der Waals surface area contributed by atoms with Crippen LogP contribution in [0, 0.1) is 0 Å². The van der Waals surface area contributed by atoms with E-state index < -0.39 is 0 Å². The summed E-state index contributed by atoms with van der Waals surface area (Å²) in [6.45, 7) is 11.2. The van der Waals surface area contributed by atoms with Gasteiger partial charge in [0.15, 0.2) is 0 Å². The zero-order valence-corrected chi connectivity index (χ0v) is 12.2. The molecule has 1 N–H and O–H groups in total. The van der Waals surface area contributed by atoms with E-state index in [-0.39, 0.29) is 5.54 Å². The lowest BCUT2D eigenvalue weighted by atomic mass is 9.89. The topological polar surface area (TPSA) is 24.5 Å². The molecule has 1 unspecified atom stereocenters. The molecule has 1 atom stereocenters. The molecule has 1 saturated heterocycles. The molecule has 0 aromatic heterocycles. The number of allylic oxidation sites excluding steroid dienone is 1. The lowest BCUT2D eigenvalue weighted by molar-refractivity contribution is 0.0751. The van der Waals surface area contributed by atoms with Crippen molar-refractivity contribution in [3.63, 3.8) is 0 Å². The number of hydrogen-bond donors (Lipinski definition) is 1. The average Bonchev–Trinajstić information content (AvgIpc) is 2.91. The highest BCUT2D eigenvalue weighted by Gasteiger charge is 2.39. The molecule has 2 heterocycles.